The van der Waals surface area contributed by atoms with Gasteiger partial charge in [-0.15, -0.1) is 0 Å². The van der Waals surface area contributed by atoms with Crippen LogP contribution in [0.25, 0.3) is 11.0 Å². The number of fused-ring (bicyclic) bond motifs is 1. The van der Waals surface area contributed by atoms with Crippen molar-refractivity contribution in [2.24, 2.45) is 5.10 Å². The first kappa shape index (κ1) is 14.5. The zero-order valence-electron chi connectivity index (χ0n) is 11.9. The molecule has 0 bridgehead atoms. The maximum Gasteiger partial charge on any atom is 0.275 e. The molecule has 6 heteroatoms. The molecule has 0 aliphatic rings. The molecule has 2 aromatic carbocycles. The van der Waals surface area contributed by atoms with Gasteiger partial charge in [0.15, 0.2) is 0 Å². The number of benzene rings is 2. The van der Waals surface area contributed by atoms with Crippen LogP contribution in [0.4, 0.5) is 0 Å². The largest absolute Gasteiger partial charge is 0.507 e. The Morgan fingerprint density at radius 2 is 1.87 bits per heavy atom. The molecule has 0 spiro atoms. The minimum Gasteiger partial charge on any atom is -0.507 e. The maximum atomic E-state index is 12.2. The zero-order chi connectivity index (χ0) is 16.2. The molecule has 0 radical (unpaired) electrons. The number of carbonyl (C=O) groups excluding carboxylic acids is 1. The van der Waals surface area contributed by atoms with Crippen LogP contribution >= 0.6 is 0 Å². The summed E-state index contributed by atoms with van der Waals surface area (Å²) in [6.45, 7) is 0. The van der Waals surface area contributed by atoms with Gasteiger partial charge in [0, 0.05) is 0 Å². The summed E-state index contributed by atoms with van der Waals surface area (Å²) in [5.74, 6) is -0.727. The molecule has 0 aliphatic carbocycles. The van der Waals surface area contributed by atoms with Gasteiger partial charge in [0.2, 0.25) is 5.43 Å². The highest BCUT2D eigenvalue weighted by Gasteiger charge is 2.09. The van der Waals surface area contributed by atoms with E-state index in [1.165, 1.54) is 24.6 Å². The number of hydrogen-bond donors (Lipinski definition) is 2. The van der Waals surface area contributed by atoms with Crippen molar-refractivity contribution in [1.82, 2.24) is 5.43 Å². The third kappa shape index (κ3) is 2.96. The Balaban J connectivity index is 1.81. The minimum absolute atomic E-state index is 0.0928. The van der Waals surface area contributed by atoms with Crippen LogP contribution in [0.5, 0.6) is 5.75 Å². The summed E-state index contributed by atoms with van der Waals surface area (Å²) in [4.78, 5) is 24.1. The lowest BCUT2D eigenvalue weighted by molar-refractivity contribution is 0.0952. The molecule has 1 aromatic heterocycles. The average Bonchev–Trinajstić information content (AvgIpc) is 2.57. The first-order chi connectivity index (χ1) is 11.2. The second-order valence-electron chi connectivity index (χ2n) is 4.73. The molecule has 3 rings (SSSR count). The van der Waals surface area contributed by atoms with E-state index in [1.807, 2.05) is 0 Å². The van der Waals surface area contributed by atoms with Crippen molar-refractivity contribution in [3.63, 3.8) is 0 Å². The molecule has 114 valence electrons. The number of aromatic hydroxyl groups is 1. The van der Waals surface area contributed by atoms with E-state index in [1.54, 1.807) is 36.4 Å². The van der Waals surface area contributed by atoms with Gasteiger partial charge in [0.05, 0.1) is 22.7 Å². The summed E-state index contributed by atoms with van der Waals surface area (Å²) < 4.78 is 5.34. The summed E-state index contributed by atoms with van der Waals surface area (Å²) in [5.41, 5.74) is 2.79. The van der Waals surface area contributed by atoms with E-state index in [0.717, 1.165) is 0 Å². The molecule has 6 nitrogen and oxygen atoms in total. The van der Waals surface area contributed by atoms with E-state index < -0.39 is 5.91 Å². The SMILES string of the molecule is O=C(N/N=C\c1coc2ccccc2c1=O)c1ccccc1O. The summed E-state index contributed by atoms with van der Waals surface area (Å²) >= 11 is 0. The second kappa shape index (κ2) is 6.15. The van der Waals surface area contributed by atoms with Gasteiger partial charge in [-0.2, -0.15) is 5.10 Å². The zero-order valence-corrected chi connectivity index (χ0v) is 11.9. The van der Waals surface area contributed by atoms with Gasteiger partial charge in [-0.1, -0.05) is 24.3 Å². The molecular formula is C17H12N2O4. The van der Waals surface area contributed by atoms with E-state index in [0.29, 0.717) is 11.0 Å². The third-order valence-electron chi connectivity index (χ3n) is 3.23. The fourth-order valence-electron chi connectivity index (χ4n) is 2.07. The average molecular weight is 308 g/mol. The summed E-state index contributed by atoms with van der Waals surface area (Å²) in [7, 11) is 0. The normalized spacial score (nSPS) is 11.0. The molecule has 0 fully saturated rings. The molecule has 0 unspecified atom stereocenters. The fraction of sp³-hybridized carbons (Fsp3) is 0. The Morgan fingerprint density at radius 3 is 2.70 bits per heavy atom. The van der Waals surface area contributed by atoms with Crippen LogP contribution in [0.3, 0.4) is 0 Å². The molecular weight excluding hydrogens is 296 g/mol. The molecule has 2 N–H and O–H groups in total. The molecule has 0 saturated carbocycles. The smallest absolute Gasteiger partial charge is 0.275 e. The highest BCUT2D eigenvalue weighted by molar-refractivity contribution is 5.97. The number of para-hydroxylation sites is 2. The van der Waals surface area contributed by atoms with Crippen LogP contribution in [0.1, 0.15) is 15.9 Å². The van der Waals surface area contributed by atoms with Crippen molar-refractivity contribution in [3.05, 3.63) is 76.1 Å². The summed E-state index contributed by atoms with van der Waals surface area (Å²) in [5, 5.41) is 13.7. The number of phenols is 1. The van der Waals surface area contributed by atoms with Crippen LogP contribution in [0, 0.1) is 0 Å². The van der Waals surface area contributed by atoms with E-state index in [9.17, 15) is 14.7 Å². The number of hydrogen-bond acceptors (Lipinski definition) is 5. The molecule has 0 aliphatic heterocycles. The van der Waals surface area contributed by atoms with Crippen LogP contribution in [-0.2, 0) is 0 Å². The van der Waals surface area contributed by atoms with Gasteiger partial charge in [0.1, 0.15) is 17.6 Å². The Labute approximate surface area is 130 Å². The molecule has 1 heterocycles. The maximum absolute atomic E-state index is 12.2. The summed E-state index contributed by atoms with van der Waals surface area (Å²) in [6, 6.07) is 12.9. The quantitative estimate of drug-likeness (QED) is 0.573. The molecule has 23 heavy (non-hydrogen) atoms. The number of nitrogens with one attached hydrogen (secondary N) is 1. The van der Waals surface area contributed by atoms with Gasteiger partial charge in [-0.05, 0) is 24.3 Å². The first-order valence-corrected chi connectivity index (χ1v) is 6.79. The summed E-state index contributed by atoms with van der Waals surface area (Å²) in [6.07, 6.45) is 2.48. The predicted molar refractivity (Wildman–Crippen MR) is 85.7 cm³/mol. The van der Waals surface area contributed by atoms with Crippen molar-refractivity contribution in [2.45, 2.75) is 0 Å². The minimum atomic E-state index is -0.579. The Hall–Kier alpha value is -3.41. The lowest BCUT2D eigenvalue weighted by Crippen LogP contribution is -2.18. The highest BCUT2D eigenvalue weighted by atomic mass is 16.3. The lowest BCUT2D eigenvalue weighted by Gasteiger charge is -2.02. The number of nitrogens with zero attached hydrogens (tertiary/aromatic N) is 1. The Kier molecular flexibility index (Phi) is 3.88. The van der Waals surface area contributed by atoms with Gasteiger partial charge in [-0.25, -0.2) is 5.43 Å². The highest BCUT2D eigenvalue weighted by Crippen LogP contribution is 2.15. The second-order valence-corrected chi connectivity index (χ2v) is 4.73. The van der Waals surface area contributed by atoms with E-state index in [-0.39, 0.29) is 22.3 Å². The fourth-order valence-corrected chi connectivity index (χ4v) is 2.07. The topological polar surface area (TPSA) is 91.9 Å². The van der Waals surface area contributed by atoms with E-state index in [2.05, 4.69) is 10.5 Å². The van der Waals surface area contributed by atoms with E-state index in [4.69, 9.17) is 4.42 Å². The van der Waals surface area contributed by atoms with E-state index >= 15 is 0 Å². The number of rotatable bonds is 3. The van der Waals surface area contributed by atoms with Crippen molar-refractivity contribution >= 4 is 23.1 Å². The van der Waals surface area contributed by atoms with Gasteiger partial charge >= 0.3 is 0 Å². The predicted octanol–water partition coefficient (Wildman–Crippen LogP) is 2.26. The Morgan fingerprint density at radius 1 is 1.13 bits per heavy atom. The number of hydrazone groups is 1. The van der Waals surface area contributed by atoms with Crippen molar-refractivity contribution in [1.29, 1.82) is 0 Å². The molecule has 0 saturated heterocycles. The number of amides is 1. The van der Waals surface area contributed by atoms with Gasteiger partial charge < -0.3 is 9.52 Å². The monoisotopic (exact) mass is 308 g/mol. The van der Waals surface area contributed by atoms with Crippen molar-refractivity contribution in [2.75, 3.05) is 0 Å². The van der Waals surface area contributed by atoms with Crippen LogP contribution in [0.15, 0.2) is 69.1 Å². The van der Waals surface area contributed by atoms with Crippen molar-refractivity contribution in [3.8, 4) is 5.75 Å². The Bertz CT molecular complexity index is 960. The lowest BCUT2D eigenvalue weighted by atomic mass is 10.2. The number of phenolic OH excluding ortho intramolecular Hbond substituents is 1. The van der Waals surface area contributed by atoms with Crippen LogP contribution < -0.4 is 10.9 Å². The standard InChI is InChI=1S/C17H12N2O4/c20-14-7-3-1-5-12(14)17(22)19-18-9-11-10-23-15-8-4-2-6-13(15)16(11)21/h1-10,20H,(H,19,22)/b18-9-. The number of carbonyl (C=O) groups is 1. The van der Waals surface area contributed by atoms with Crippen molar-refractivity contribution < 1.29 is 14.3 Å². The van der Waals surface area contributed by atoms with Crippen LogP contribution in [-0.4, -0.2) is 17.2 Å². The molecule has 0 atom stereocenters. The first-order valence-electron chi connectivity index (χ1n) is 6.79. The third-order valence-corrected chi connectivity index (χ3v) is 3.23. The van der Waals surface area contributed by atoms with Crippen LogP contribution in [0.2, 0.25) is 0 Å². The molecule has 1 amide bonds. The molecule has 3 aromatic rings. The van der Waals surface area contributed by atoms with Gasteiger partial charge in [0.25, 0.3) is 5.91 Å². The van der Waals surface area contributed by atoms with Gasteiger partial charge in [-0.3, -0.25) is 9.59 Å².